The summed E-state index contributed by atoms with van der Waals surface area (Å²) >= 11 is 5.89. The minimum atomic E-state index is -0.765. The van der Waals surface area contributed by atoms with Crippen molar-refractivity contribution in [3.8, 4) is 5.75 Å². The third-order valence-electron chi connectivity index (χ3n) is 3.66. The topological polar surface area (TPSA) is 90.9 Å². The maximum Gasteiger partial charge on any atom is 0.238 e. The van der Waals surface area contributed by atoms with Gasteiger partial charge >= 0.3 is 0 Å². The van der Waals surface area contributed by atoms with Crippen LogP contribution in [0.3, 0.4) is 0 Å². The Hall–Kier alpha value is -2.61. The SMILES string of the molecule is CC(=O)Nc1ccc(OCC(O)CN(C)CC(=O)Nc2cccc(Cl)c2)cc1. The van der Waals surface area contributed by atoms with Crippen LogP contribution >= 0.6 is 11.6 Å². The van der Waals surface area contributed by atoms with E-state index >= 15 is 0 Å². The van der Waals surface area contributed by atoms with Crippen molar-refractivity contribution in [3.05, 3.63) is 53.6 Å². The van der Waals surface area contributed by atoms with Gasteiger partial charge in [-0.15, -0.1) is 0 Å². The summed E-state index contributed by atoms with van der Waals surface area (Å²) in [5.74, 6) is 0.229. The first-order valence-corrected chi connectivity index (χ1v) is 9.12. The summed E-state index contributed by atoms with van der Waals surface area (Å²) in [5, 5.41) is 16.1. The maximum atomic E-state index is 12.1. The van der Waals surface area contributed by atoms with Crippen molar-refractivity contribution < 1.29 is 19.4 Å². The molecular formula is C20H24ClN3O4. The number of anilines is 2. The first kappa shape index (κ1) is 21.7. The van der Waals surface area contributed by atoms with Gasteiger partial charge in [-0.2, -0.15) is 0 Å². The zero-order chi connectivity index (χ0) is 20.5. The Bertz CT molecular complexity index is 798. The van der Waals surface area contributed by atoms with Crippen molar-refractivity contribution in [1.29, 1.82) is 0 Å². The minimum Gasteiger partial charge on any atom is -0.491 e. The van der Waals surface area contributed by atoms with E-state index in [1.165, 1.54) is 6.92 Å². The van der Waals surface area contributed by atoms with Crippen LogP contribution in [0.5, 0.6) is 5.75 Å². The second kappa shape index (κ2) is 10.7. The molecule has 2 amide bonds. The normalized spacial score (nSPS) is 11.8. The van der Waals surface area contributed by atoms with Gasteiger partial charge in [-0.3, -0.25) is 14.5 Å². The number of aliphatic hydroxyl groups is 1. The Labute approximate surface area is 169 Å². The molecule has 0 aliphatic carbocycles. The highest BCUT2D eigenvalue weighted by molar-refractivity contribution is 6.30. The monoisotopic (exact) mass is 405 g/mol. The number of nitrogens with one attached hydrogen (secondary N) is 2. The van der Waals surface area contributed by atoms with Crippen LogP contribution in [0.2, 0.25) is 5.02 Å². The molecule has 7 nitrogen and oxygen atoms in total. The lowest BCUT2D eigenvalue weighted by molar-refractivity contribution is -0.117. The number of benzene rings is 2. The predicted octanol–water partition coefficient (Wildman–Crippen LogP) is 2.61. The number of hydrogen-bond acceptors (Lipinski definition) is 5. The summed E-state index contributed by atoms with van der Waals surface area (Å²) in [5.41, 5.74) is 1.29. The number of halogens is 1. The number of hydrogen-bond donors (Lipinski definition) is 3. The lowest BCUT2D eigenvalue weighted by Gasteiger charge is -2.20. The van der Waals surface area contributed by atoms with Gasteiger partial charge < -0.3 is 20.5 Å². The van der Waals surface area contributed by atoms with Crippen LogP contribution in [0.15, 0.2) is 48.5 Å². The molecule has 0 fully saturated rings. The molecule has 1 unspecified atom stereocenters. The number of carbonyl (C=O) groups is 2. The number of ether oxygens (including phenoxy) is 1. The Kier molecular flexibility index (Phi) is 8.25. The smallest absolute Gasteiger partial charge is 0.238 e. The van der Waals surface area contributed by atoms with Crippen molar-refractivity contribution >= 4 is 34.8 Å². The molecule has 0 saturated carbocycles. The summed E-state index contributed by atoms with van der Waals surface area (Å²) in [4.78, 5) is 24.8. The van der Waals surface area contributed by atoms with E-state index in [1.54, 1.807) is 60.5 Å². The number of aliphatic hydroxyl groups excluding tert-OH is 1. The molecule has 0 heterocycles. The van der Waals surface area contributed by atoms with E-state index in [4.69, 9.17) is 16.3 Å². The summed E-state index contributed by atoms with van der Waals surface area (Å²) in [6.07, 6.45) is -0.765. The highest BCUT2D eigenvalue weighted by Gasteiger charge is 2.13. The summed E-state index contributed by atoms with van der Waals surface area (Å²) < 4.78 is 5.54. The molecule has 0 spiro atoms. The zero-order valence-electron chi connectivity index (χ0n) is 15.8. The lowest BCUT2D eigenvalue weighted by Crippen LogP contribution is -2.37. The Balaban J connectivity index is 1.72. The third kappa shape index (κ3) is 7.96. The van der Waals surface area contributed by atoms with Crippen LogP contribution in [0, 0.1) is 0 Å². The number of carbonyl (C=O) groups excluding carboxylic acids is 2. The van der Waals surface area contributed by atoms with Gasteiger partial charge in [0, 0.05) is 29.9 Å². The second-order valence-corrected chi connectivity index (χ2v) is 6.86. The Morgan fingerprint density at radius 2 is 1.86 bits per heavy atom. The van der Waals surface area contributed by atoms with Crippen LogP contribution in [-0.2, 0) is 9.59 Å². The van der Waals surface area contributed by atoms with E-state index in [9.17, 15) is 14.7 Å². The van der Waals surface area contributed by atoms with Crippen LogP contribution in [0.4, 0.5) is 11.4 Å². The maximum absolute atomic E-state index is 12.1. The largest absolute Gasteiger partial charge is 0.491 e. The van der Waals surface area contributed by atoms with Gasteiger partial charge in [0.05, 0.1) is 6.54 Å². The fourth-order valence-corrected chi connectivity index (χ4v) is 2.71. The van der Waals surface area contributed by atoms with Crippen LogP contribution < -0.4 is 15.4 Å². The van der Waals surface area contributed by atoms with Crippen molar-refractivity contribution in [3.63, 3.8) is 0 Å². The molecule has 150 valence electrons. The molecule has 0 radical (unpaired) electrons. The second-order valence-electron chi connectivity index (χ2n) is 6.43. The molecule has 28 heavy (non-hydrogen) atoms. The number of amides is 2. The van der Waals surface area contributed by atoms with E-state index in [-0.39, 0.29) is 31.5 Å². The Morgan fingerprint density at radius 1 is 1.14 bits per heavy atom. The minimum absolute atomic E-state index is 0.0831. The lowest BCUT2D eigenvalue weighted by atomic mass is 10.3. The number of likely N-dealkylation sites (N-methyl/N-ethyl adjacent to an activating group) is 1. The van der Waals surface area contributed by atoms with E-state index in [0.717, 1.165) is 0 Å². The summed E-state index contributed by atoms with van der Waals surface area (Å²) in [6, 6.07) is 13.8. The van der Waals surface area contributed by atoms with Crippen LogP contribution in [0.25, 0.3) is 0 Å². The standard InChI is InChI=1S/C20H24ClN3O4/c1-14(25)22-16-6-8-19(9-7-16)28-13-18(26)11-24(2)12-20(27)23-17-5-3-4-15(21)10-17/h3-10,18,26H,11-13H2,1-2H3,(H,22,25)(H,23,27). The molecule has 2 aromatic rings. The quantitative estimate of drug-likeness (QED) is 0.596. The molecule has 0 aliphatic heterocycles. The van der Waals surface area contributed by atoms with Gasteiger partial charge in [0.1, 0.15) is 18.5 Å². The van der Waals surface area contributed by atoms with Crippen LogP contribution in [-0.4, -0.2) is 54.7 Å². The van der Waals surface area contributed by atoms with E-state index in [2.05, 4.69) is 10.6 Å². The average Bonchev–Trinajstić information content (AvgIpc) is 2.60. The molecule has 0 aromatic heterocycles. The molecule has 1 atom stereocenters. The molecule has 2 rings (SSSR count). The molecule has 0 saturated heterocycles. The summed E-state index contributed by atoms with van der Waals surface area (Å²) in [6.45, 7) is 1.91. The third-order valence-corrected chi connectivity index (χ3v) is 3.90. The van der Waals surface area contributed by atoms with Crippen molar-refractivity contribution in [2.45, 2.75) is 13.0 Å². The van der Waals surface area contributed by atoms with Crippen molar-refractivity contribution in [2.24, 2.45) is 0 Å². The van der Waals surface area contributed by atoms with Crippen LogP contribution in [0.1, 0.15) is 6.92 Å². The molecular weight excluding hydrogens is 382 g/mol. The predicted molar refractivity (Wildman–Crippen MR) is 110 cm³/mol. The molecule has 2 aromatic carbocycles. The molecule has 3 N–H and O–H groups in total. The molecule has 8 heteroatoms. The van der Waals surface area contributed by atoms with Gasteiger partial charge in [-0.25, -0.2) is 0 Å². The first-order valence-electron chi connectivity index (χ1n) is 8.74. The van der Waals surface area contributed by atoms with Gasteiger partial charge in [-0.1, -0.05) is 17.7 Å². The summed E-state index contributed by atoms with van der Waals surface area (Å²) in [7, 11) is 1.74. The number of nitrogens with zero attached hydrogens (tertiary/aromatic N) is 1. The fraction of sp³-hybridized carbons (Fsp3) is 0.300. The first-order chi connectivity index (χ1) is 13.3. The van der Waals surface area contributed by atoms with Gasteiger partial charge in [0.2, 0.25) is 11.8 Å². The van der Waals surface area contributed by atoms with E-state index in [0.29, 0.717) is 22.1 Å². The van der Waals surface area contributed by atoms with E-state index < -0.39 is 6.10 Å². The zero-order valence-corrected chi connectivity index (χ0v) is 16.6. The van der Waals surface area contributed by atoms with Crippen molar-refractivity contribution in [1.82, 2.24) is 4.90 Å². The van der Waals surface area contributed by atoms with Gasteiger partial charge in [-0.05, 0) is 49.5 Å². The van der Waals surface area contributed by atoms with Gasteiger partial charge in [0.15, 0.2) is 0 Å². The van der Waals surface area contributed by atoms with Gasteiger partial charge in [0.25, 0.3) is 0 Å². The molecule has 0 bridgehead atoms. The Morgan fingerprint density at radius 3 is 2.50 bits per heavy atom. The number of rotatable bonds is 9. The highest BCUT2D eigenvalue weighted by atomic mass is 35.5. The van der Waals surface area contributed by atoms with E-state index in [1.807, 2.05) is 0 Å². The average molecular weight is 406 g/mol. The molecule has 0 aliphatic rings. The fourth-order valence-electron chi connectivity index (χ4n) is 2.52. The van der Waals surface area contributed by atoms with Crippen molar-refractivity contribution in [2.75, 3.05) is 37.4 Å². The highest BCUT2D eigenvalue weighted by Crippen LogP contribution is 2.16.